The summed E-state index contributed by atoms with van der Waals surface area (Å²) in [5.41, 5.74) is 4.62. The number of nitrogens with one attached hydrogen (secondary N) is 3. The van der Waals surface area contributed by atoms with Crippen molar-refractivity contribution in [2.45, 2.75) is 33.3 Å². The van der Waals surface area contributed by atoms with Crippen LogP contribution in [0.3, 0.4) is 0 Å². The summed E-state index contributed by atoms with van der Waals surface area (Å²) in [7, 11) is 0. The third-order valence-electron chi connectivity index (χ3n) is 4.20. The normalized spacial score (nSPS) is 10.8. The summed E-state index contributed by atoms with van der Waals surface area (Å²) in [4.78, 5) is 35.4. The number of hydrogen-bond acceptors (Lipinski definition) is 6. The second kappa shape index (κ2) is 13.6. The molecule has 0 heterocycles. The van der Waals surface area contributed by atoms with Crippen molar-refractivity contribution in [1.29, 1.82) is 0 Å². The van der Waals surface area contributed by atoms with Crippen LogP contribution < -0.4 is 20.8 Å². The number of carbonyl (C=O) groups is 3. The van der Waals surface area contributed by atoms with Crippen LogP contribution in [0, 0.1) is 6.92 Å². The highest BCUT2D eigenvalue weighted by Crippen LogP contribution is 2.12. The van der Waals surface area contributed by atoms with Gasteiger partial charge in [0.15, 0.2) is 6.61 Å². The van der Waals surface area contributed by atoms with Gasteiger partial charge in [0.2, 0.25) is 0 Å². The van der Waals surface area contributed by atoms with Crippen molar-refractivity contribution in [3.8, 4) is 5.75 Å². The molecule has 9 heteroatoms. The molecule has 0 atom stereocenters. The van der Waals surface area contributed by atoms with Crippen LogP contribution in [-0.4, -0.2) is 49.8 Å². The maximum atomic E-state index is 12.0. The van der Waals surface area contributed by atoms with E-state index >= 15 is 0 Å². The predicted molar refractivity (Wildman–Crippen MR) is 126 cm³/mol. The molecule has 0 radical (unpaired) electrons. The molecule has 0 fully saturated rings. The Balaban J connectivity index is 1.69. The zero-order chi connectivity index (χ0) is 24.1. The van der Waals surface area contributed by atoms with Gasteiger partial charge in [0, 0.05) is 18.8 Å². The molecule has 0 unspecified atom stereocenters. The highest BCUT2D eigenvalue weighted by molar-refractivity contribution is 6.35. The van der Waals surface area contributed by atoms with Gasteiger partial charge in [0.05, 0.1) is 12.3 Å². The molecule has 9 nitrogen and oxygen atoms in total. The Morgan fingerprint density at radius 3 is 2.52 bits per heavy atom. The van der Waals surface area contributed by atoms with Crippen LogP contribution in [0.5, 0.6) is 5.75 Å². The Bertz CT molecular complexity index is 958. The number of carbonyl (C=O) groups excluding carboxylic acids is 3. The average Bonchev–Trinajstić information content (AvgIpc) is 2.78. The highest BCUT2D eigenvalue weighted by atomic mass is 16.5. The monoisotopic (exact) mass is 454 g/mol. The van der Waals surface area contributed by atoms with Gasteiger partial charge >= 0.3 is 11.8 Å². The van der Waals surface area contributed by atoms with Gasteiger partial charge < -0.3 is 20.1 Å². The maximum absolute atomic E-state index is 12.0. The average molecular weight is 455 g/mol. The van der Waals surface area contributed by atoms with Gasteiger partial charge in [0.1, 0.15) is 5.75 Å². The molecule has 3 N–H and O–H groups in total. The van der Waals surface area contributed by atoms with Gasteiger partial charge in [-0.3, -0.25) is 14.4 Å². The minimum Gasteiger partial charge on any atom is -0.484 e. The number of hydrazone groups is 1. The first-order chi connectivity index (χ1) is 15.8. The third kappa shape index (κ3) is 10.4. The van der Waals surface area contributed by atoms with E-state index in [-0.39, 0.29) is 18.6 Å². The van der Waals surface area contributed by atoms with Crippen LogP contribution in [0.4, 0.5) is 5.69 Å². The van der Waals surface area contributed by atoms with Crippen molar-refractivity contribution in [3.63, 3.8) is 0 Å². The molecule has 2 aromatic rings. The number of rotatable bonds is 11. The summed E-state index contributed by atoms with van der Waals surface area (Å²) in [5.74, 6) is -1.36. The SMILES string of the molecule is Cc1cccc(NC(=O)COc2ccc(/C=N\NC(=O)C(=O)NCCCOC(C)C)cc2)c1. The van der Waals surface area contributed by atoms with Crippen molar-refractivity contribution >= 4 is 29.6 Å². The quantitative estimate of drug-likeness (QED) is 0.209. The number of aryl methyl sites for hydroxylation is 1. The van der Waals surface area contributed by atoms with Crippen LogP contribution in [0.1, 0.15) is 31.4 Å². The molecule has 2 aromatic carbocycles. The first-order valence-electron chi connectivity index (χ1n) is 10.7. The number of amides is 3. The minimum atomic E-state index is -0.851. The predicted octanol–water partition coefficient (Wildman–Crippen LogP) is 2.39. The van der Waals surface area contributed by atoms with Crippen LogP contribution in [0.25, 0.3) is 0 Å². The van der Waals surface area contributed by atoms with E-state index < -0.39 is 11.8 Å². The van der Waals surface area contributed by atoms with Crippen LogP contribution >= 0.6 is 0 Å². The Morgan fingerprint density at radius 1 is 1.06 bits per heavy atom. The lowest BCUT2D eigenvalue weighted by Gasteiger charge is -2.08. The number of anilines is 1. The van der Waals surface area contributed by atoms with Gasteiger partial charge in [-0.15, -0.1) is 0 Å². The van der Waals surface area contributed by atoms with Crippen LogP contribution in [0.15, 0.2) is 53.6 Å². The molecule has 0 aliphatic heterocycles. The number of nitrogens with zero attached hydrogens (tertiary/aromatic N) is 1. The fraction of sp³-hybridized carbons (Fsp3) is 0.333. The number of ether oxygens (including phenoxy) is 2. The van der Waals surface area contributed by atoms with Crippen LogP contribution in [-0.2, 0) is 19.1 Å². The van der Waals surface area contributed by atoms with Gasteiger partial charge in [-0.2, -0.15) is 5.10 Å². The summed E-state index contributed by atoms with van der Waals surface area (Å²) in [6.07, 6.45) is 2.14. The first kappa shape index (κ1) is 25.5. The lowest BCUT2D eigenvalue weighted by molar-refractivity contribution is -0.139. The molecule has 0 spiro atoms. The summed E-state index contributed by atoms with van der Waals surface area (Å²) in [6, 6.07) is 14.3. The van der Waals surface area contributed by atoms with E-state index in [0.717, 1.165) is 5.56 Å². The fourth-order valence-corrected chi connectivity index (χ4v) is 2.61. The Morgan fingerprint density at radius 2 is 1.82 bits per heavy atom. The van der Waals surface area contributed by atoms with E-state index in [1.165, 1.54) is 6.21 Å². The molecule has 2 rings (SSSR count). The third-order valence-corrected chi connectivity index (χ3v) is 4.20. The van der Waals surface area contributed by atoms with E-state index in [4.69, 9.17) is 9.47 Å². The molecule has 0 saturated carbocycles. The van der Waals surface area contributed by atoms with Gasteiger partial charge in [0.25, 0.3) is 5.91 Å². The molecule has 0 bridgehead atoms. The minimum absolute atomic E-state index is 0.127. The number of hydrogen-bond donors (Lipinski definition) is 3. The molecule has 176 valence electrons. The van der Waals surface area contributed by atoms with Crippen molar-refractivity contribution in [2.75, 3.05) is 25.1 Å². The molecule has 3 amide bonds. The summed E-state index contributed by atoms with van der Waals surface area (Å²) < 4.78 is 10.8. The molecule has 0 aromatic heterocycles. The first-order valence-corrected chi connectivity index (χ1v) is 10.7. The second-order valence-electron chi connectivity index (χ2n) is 7.50. The zero-order valence-corrected chi connectivity index (χ0v) is 19.1. The van der Waals surface area contributed by atoms with Crippen molar-refractivity contribution < 1.29 is 23.9 Å². The van der Waals surface area contributed by atoms with Gasteiger partial charge in [-0.25, -0.2) is 5.43 Å². The Hall–Kier alpha value is -3.72. The smallest absolute Gasteiger partial charge is 0.329 e. The van der Waals surface area contributed by atoms with E-state index in [1.54, 1.807) is 24.3 Å². The molecular weight excluding hydrogens is 424 g/mol. The van der Waals surface area contributed by atoms with Crippen LogP contribution in [0.2, 0.25) is 0 Å². The number of benzene rings is 2. The molecule has 0 aliphatic rings. The van der Waals surface area contributed by atoms with Gasteiger partial charge in [-0.1, -0.05) is 12.1 Å². The second-order valence-corrected chi connectivity index (χ2v) is 7.50. The zero-order valence-electron chi connectivity index (χ0n) is 19.1. The van der Waals surface area contributed by atoms with Crippen molar-refractivity contribution in [1.82, 2.24) is 10.7 Å². The summed E-state index contributed by atoms with van der Waals surface area (Å²) in [6.45, 7) is 6.52. The lowest BCUT2D eigenvalue weighted by Crippen LogP contribution is -2.38. The summed E-state index contributed by atoms with van der Waals surface area (Å²) in [5, 5.41) is 9.04. The van der Waals surface area contributed by atoms with E-state index in [9.17, 15) is 14.4 Å². The molecule has 0 aliphatic carbocycles. The van der Waals surface area contributed by atoms with Gasteiger partial charge in [-0.05, 0) is 74.7 Å². The molecule has 33 heavy (non-hydrogen) atoms. The highest BCUT2D eigenvalue weighted by Gasteiger charge is 2.11. The van der Waals surface area contributed by atoms with E-state index in [1.807, 2.05) is 45.0 Å². The summed E-state index contributed by atoms with van der Waals surface area (Å²) >= 11 is 0. The Labute approximate surface area is 193 Å². The fourth-order valence-electron chi connectivity index (χ4n) is 2.61. The topological polar surface area (TPSA) is 118 Å². The lowest BCUT2D eigenvalue weighted by atomic mass is 10.2. The maximum Gasteiger partial charge on any atom is 0.329 e. The van der Waals surface area contributed by atoms with E-state index in [2.05, 4.69) is 21.2 Å². The molecule has 0 saturated heterocycles. The van der Waals surface area contributed by atoms with Crippen molar-refractivity contribution in [2.24, 2.45) is 5.10 Å². The standard InChI is InChI=1S/C24H30N4O5/c1-17(2)32-13-5-12-25-23(30)24(31)28-26-15-19-8-10-21(11-9-19)33-16-22(29)27-20-7-4-6-18(3)14-20/h4,6-11,14-15,17H,5,12-13,16H2,1-3H3,(H,25,30)(H,27,29)(H,28,31)/b26-15-. The molecular formula is C24H30N4O5. The largest absolute Gasteiger partial charge is 0.484 e. The van der Waals surface area contributed by atoms with Crippen molar-refractivity contribution in [3.05, 3.63) is 59.7 Å². The Kier molecular flexibility index (Phi) is 10.6. The van der Waals surface area contributed by atoms with E-state index in [0.29, 0.717) is 36.6 Å².